The maximum absolute atomic E-state index is 12.3. The van der Waals surface area contributed by atoms with E-state index in [1.165, 1.54) is 4.90 Å². The van der Waals surface area contributed by atoms with Gasteiger partial charge in [-0.05, 0) is 36.4 Å². The Kier molecular flexibility index (Phi) is 3.69. The molecule has 1 heterocycles. The molecular formula is C17H13N3O3. The van der Waals surface area contributed by atoms with Gasteiger partial charge in [-0.1, -0.05) is 6.07 Å². The summed E-state index contributed by atoms with van der Waals surface area (Å²) in [6, 6.07) is 13.6. The Balaban J connectivity index is 1.86. The summed E-state index contributed by atoms with van der Waals surface area (Å²) >= 11 is 0. The van der Waals surface area contributed by atoms with Crippen molar-refractivity contribution in [2.75, 3.05) is 23.9 Å². The molecule has 2 aromatic carbocycles. The lowest BCUT2D eigenvalue weighted by atomic mass is 10.1. The number of rotatable bonds is 2. The first-order valence-corrected chi connectivity index (χ1v) is 6.93. The van der Waals surface area contributed by atoms with Crippen molar-refractivity contribution in [2.45, 2.75) is 0 Å². The molecule has 0 spiro atoms. The number of fused-ring (bicyclic) bond motifs is 1. The minimum atomic E-state index is -0.325. The molecule has 2 aromatic rings. The number of nitrogens with zero attached hydrogens (tertiary/aromatic N) is 2. The van der Waals surface area contributed by atoms with Crippen LogP contribution in [0.1, 0.15) is 15.9 Å². The van der Waals surface area contributed by atoms with Crippen molar-refractivity contribution in [1.29, 1.82) is 5.26 Å². The second-order valence-corrected chi connectivity index (χ2v) is 5.07. The number of carbonyl (C=O) groups is 2. The normalized spacial score (nSPS) is 12.9. The van der Waals surface area contributed by atoms with Crippen LogP contribution in [0.4, 0.5) is 11.4 Å². The molecule has 0 bridgehead atoms. The first-order valence-electron chi connectivity index (χ1n) is 6.93. The van der Waals surface area contributed by atoms with E-state index < -0.39 is 0 Å². The van der Waals surface area contributed by atoms with Crippen molar-refractivity contribution in [2.24, 2.45) is 0 Å². The number of hydrogen-bond acceptors (Lipinski definition) is 4. The molecule has 0 atom stereocenters. The highest BCUT2D eigenvalue weighted by atomic mass is 16.5. The molecule has 1 aliphatic heterocycles. The number of likely N-dealkylation sites (N-methyl/N-ethyl adjacent to an activating group) is 1. The van der Waals surface area contributed by atoms with Crippen molar-refractivity contribution in [3.8, 4) is 11.8 Å². The van der Waals surface area contributed by atoms with Gasteiger partial charge in [0, 0.05) is 18.3 Å². The van der Waals surface area contributed by atoms with Crippen molar-refractivity contribution in [3.63, 3.8) is 0 Å². The molecule has 0 saturated carbocycles. The largest absolute Gasteiger partial charge is 0.482 e. The van der Waals surface area contributed by atoms with Gasteiger partial charge in [-0.2, -0.15) is 5.26 Å². The Labute approximate surface area is 132 Å². The minimum absolute atomic E-state index is 0.00397. The van der Waals surface area contributed by atoms with Crippen LogP contribution >= 0.6 is 0 Å². The van der Waals surface area contributed by atoms with Gasteiger partial charge in [0.05, 0.1) is 17.3 Å². The molecule has 114 valence electrons. The summed E-state index contributed by atoms with van der Waals surface area (Å²) in [6.45, 7) is -0.00397. The Morgan fingerprint density at radius 2 is 2.13 bits per heavy atom. The number of nitrogens with one attached hydrogen (secondary N) is 1. The van der Waals surface area contributed by atoms with Gasteiger partial charge in [-0.3, -0.25) is 9.59 Å². The average Bonchev–Trinajstić information content (AvgIpc) is 2.58. The lowest BCUT2D eigenvalue weighted by Crippen LogP contribution is -2.35. The standard InChI is InChI=1S/C17H13N3O3/c1-20-14-8-12(5-6-15(14)23-10-16(20)21)17(22)19-13-4-2-3-11(7-13)9-18/h2-8H,10H2,1H3,(H,19,22). The maximum Gasteiger partial charge on any atom is 0.264 e. The van der Waals surface area contributed by atoms with Gasteiger partial charge < -0.3 is 15.0 Å². The Morgan fingerprint density at radius 1 is 1.30 bits per heavy atom. The number of hydrogen-bond donors (Lipinski definition) is 1. The highest BCUT2D eigenvalue weighted by Crippen LogP contribution is 2.32. The molecule has 0 fully saturated rings. The average molecular weight is 307 g/mol. The van der Waals surface area contributed by atoms with E-state index in [1.54, 1.807) is 49.5 Å². The third kappa shape index (κ3) is 2.85. The van der Waals surface area contributed by atoms with Crippen LogP contribution in [0.25, 0.3) is 0 Å². The van der Waals surface area contributed by atoms with Crippen molar-refractivity contribution >= 4 is 23.2 Å². The summed E-state index contributed by atoms with van der Waals surface area (Å²) in [5.74, 6) is 0.0706. The zero-order valence-electron chi connectivity index (χ0n) is 12.4. The van der Waals surface area contributed by atoms with Crippen LogP contribution in [0.3, 0.4) is 0 Å². The van der Waals surface area contributed by atoms with Crippen LogP contribution in [-0.2, 0) is 4.79 Å². The summed E-state index contributed by atoms with van der Waals surface area (Å²) in [7, 11) is 1.64. The third-order valence-corrected chi connectivity index (χ3v) is 3.56. The van der Waals surface area contributed by atoms with Crippen molar-refractivity contribution in [3.05, 3.63) is 53.6 Å². The number of ether oxygens (including phenoxy) is 1. The predicted octanol–water partition coefficient (Wildman–Crippen LogP) is 2.17. The monoisotopic (exact) mass is 307 g/mol. The van der Waals surface area contributed by atoms with E-state index in [0.29, 0.717) is 28.3 Å². The summed E-state index contributed by atoms with van der Waals surface area (Å²) in [5.41, 5.74) is 1.95. The van der Waals surface area contributed by atoms with Gasteiger partial charge in [0.1, 0.15) is 5.75 Å². The van der Waals surface area contributed by atoms with Crippen LogP contribution in [0.5, 0.6) is 5.75 Å². The van der Waals surface area contributed by atoms with Gasteiger partial charge in [0.2, 0.25) is 0 Å². The second kappa shape index (κ2) is 5.81. The number of carbonyl (C=O) groups excluding carboxylic acids is 2. The molecular weight excluding hydrogens is 294 g/mol. The molecule has 0 unspecified atom stereocenters. The molecule has 0 saturated heterocycles. The van der Waals surface area contributed by atoms with Gasteiger partial charge >= 0.3 is 0 Å². The number of nitriles is 1. The number of benzene rings is 2. The molecule has 3 rings (SSSR count). The summed E-state index contributed by atoms with van der Waals surface area (Å²) < 4.78 is 5.33. The molecule has 0 aliphatic carbocycles. The summed E-state index contributed by atoms with van der Waals surface area (Å²) in [4.78, 5) is 25.5. The molecule has 1 aliphatic rings. The van der Waals surface area contributed by atoms with Crippen LogP contribution in [0.2, 0.25) is 0 Å². The van der Waals surface area contributed by atoms with E-state index in [2.05, 4.69) is 5.32 Å². The fourth-order valence-corrected chi connectivity index (χ4v) is 2.28. The topological polar surface area (TPSA) is 82.4 Å². The number of amides is 2. The fraction of sp³-hybridized carbons (Fsp3) is 0.118. The molecule has 2 amide bonds. The quantitative estimate of drug-likeness (QED) is 0.921. The zero-order chi connectivity index (χ0) is 16.4. The molecule has 0 radical (unpaired) electrons. The minimum Gasteiger partial charge on any atom is -0.482 e. The van der Waals surface area contributed by atoms with Gasteiger partial charge in [0.25, 0.3) is 11.8 Å². The Bertz CT molecular complexity index is 839. The summed E-state index contributed by atoms with van der Waals surface area (Å²) in [5, 5.41) is 11.6. The van der Waals surface area contributed by atoms with E-state index in [1.807, 2.05) is 6.07 Å². The fourth-order valence-electron chi connectivity index (χ4n) is 2.28. The molecule has 6 heteroatoms. The molecule has 0 aromatic heterocycles. The van der Waals surface area contributed by atoms with Gasteiger partial charge in [-0.25, -0.2) is 0 Å². The van der Waals surface area contributed by atoms with Gasteiger partial charge in [0.15, 0.2) is 6.61 Å². The van der Waals surface area contributed by atoms with E-state index in [-0.39, 0.29) is 18.4 Å². The molecule has 23 heavy (non-hydrogen) atoms. The Morgan fingerprint density at radius 3 is 2.91 bits per heavy atom. The second-order valence-electron chi connectivity index (χ2n) is 5.07. The van der Waals surface area contributed by atoms with Crippen LogP contribution in [0.15, 0.2) is 42.5 Å². The summed E-state index contributed by atoms with van der Waals surface area (Å²) in [6.07, 6.45) is 0. The van der Waals surface area contributed by atoms with Crippen LogP contribution < -0.4 is 15.0 Å². The number of anilines is 2. The zero-order valence-corrected chi connectivity index (χ0v) is 12.4. The first kappa shape index (κ1) is 14.6. The Hall–Kier alpha value is -3.33. The molecule has 6 nitrogen and oxygen atoms in total. The van der Waals surface area contributed by atoms with Gasteiger partial charge in [-0.15, -0.1) is 0 Å². The van der Waals surface area contributed by atoms with Crippen LogP contribution in [-0.4, -0.2) is 25.5 Å². The smallest absolute Gasteiger partial charge is 0.264 e. The first-order chi connectivity index (χ1) is 11.1. The van der Waals surface area contributed by atoms with Crippen molar-refractivity contribution in [1.82, 2.24) is 0 Å². The lowest BCUT2D eigenvalue weighted by Gasteiger charge is -2.26. The molecule has 1 N–H and O–H groups in total. The predicted molar refractivity (Wildman–Crippen MR) is 84.5 cm³/mol. The van der Waals surface area contributed by atoms with E-state index in [0.717, 1.165) is 0 Å². The highest BCUT2D eigenvalue weighted by molar-refractivity contribution is 6.06. The van der Waals surface area contributed by atoms with E-state index in [4.69, 9.17) is 10.00 Å². The SMILES string of the molecule is CN1C(=O)COc2ccc(C(=O)Nc3cccc(C#N)c3)cc21. The lowest BCUT2D eigenvalue weighted by molar-refractivity contribution is -0.120. The highest BCUT2D eigenvalue weighted by Gasteiger charge is 2.23. The van der Waals surface area contributed by atoms with Crippen LogP contribution in [0, 0.1) is 11.3 Å². The maximum atomic E-state index is 12.3. The van der Waals surface area contributed by atoms with E-state index >= 15 is 0 Å². The third-order valence-electron chi connectivity index (χ3n) is 3.56. The van der Waals surface area contributed by atoms with Crippen molar-refractivity contribution < 1.29 is 14.3 Å². The van der Waals surface area contributed by atoms with E-state index in [9.17, 15) is 9.59 Å².